The zero-order valence-corrected chi connectivity index (χ0v) is 11.5. The molecule has 0 spiro atoms. The molecule has 0 saturated carbocycles. The maximum atomic E-state index is 12.4. The number of fused-ring (bicyclic) bond motifs is 1. The minimum absolute atomic E-state index is 0.0598. The lowest BCUT2D eigenvalue weighted by Crippen LogP contribution is -2.22. The lowest BCUT2D eigenvalue weighted by Gasteiger charge is -2.04. The monoisotopic (exact) mass is 275 g/mol. The number of nitrogens with zero attached hydrogens (tertiary/aromatic N) is 5. The quantitative estimate of drug-likeness (QED) is 0.725. The third-order valence-corrected chi connectivity index (χ3v) is 3.78. The van der Waals surface area contributed by atoms with E-state index in [4.69, 9.17) is 0 Å². The molecule has 0 aromatic carbocycles. The van der Waals surface area contributed by atoms with Crippen LogP contribution in [0.3, 0.4) is 0 Å². The highest BCUT2D eigenvalue weighted by Gasteiger charge is 2.10. The third-order valence-electron chi connectivity index (χ3n) is 2.92. The fourth-order valence-corrected chi connectivity index (χ4v) is 2.76. The van der Waals surface area contributed by atoms with Crippen LogP contribution < -0.4 is 5.56 Å². The van der Waals surface area contributed by atoms with Crippen molar-refractivity contribution in [3.8, 4) is 0 Å². The van der Waals surface area contributed by atoms with Gasteiger partial charge in [0.2, 0.25) is 0 Å². The predicted molar refractivity (Wildman–Crippen MR) is 73.4 cm³/mol. The summed E-state index contributed by atoms with van der Waals surface area (Å²) in [4.78, 5) is 17.7. The fraction of sp³-hybridized carbons (Fsp3) is 0.333. The summed E-state index contributed by atoms with van der Waals surface area (Å²) in [6.45, 7) is 5.05. The molecule has 0 saturated heterocycles. The van der Waals surface area contributed by atoms with Gasteiger partial charge in [-0.15, -0.1) is 0 Å². The summed E-state index contributed by atoms with van der Waals surface area (Å²) >= 11 is 1.41. The van der Waals surface area contributed by atoms with Crippen LogP contribution in [-0.4, -0.2) is 23.7 Å². The first-order chi connectivity index (χ1) is 9.19. The molecule has 7 heteroatoms. The number of hydrogen-bond donors (Lipinski definition) is 0. The molecule has 0 amide bonds. The van der Waals surface area contributed by atoms with Gasteiger partial charge in [-0.2, -0.15) is 9.47 Å². The molecule has 19 heavy (non-hydrogen) atoms. The molecular formula is C12H13N5OS. The average Bonchev–Trinajstić information content (AvgIpc) is 2.99. The van der Waals surface area contributed by atoms with Crippen molar-refractivity contribution in [3.05, 3.63) is 39.5 Å². The van der Waals surface area contributed by atoms with Crippen LogP contribution in [0.25, 0.3) is 11.0 Å². The van der Waals surface area contributed by atoms with E-state index in [0.29, 0.717) is 24.1 Å². The smallest absolute Gasteiger partial charge is 0.279 e. The first kappa shape index (κ1) is 12.0. The van der Waals surface area contributed by atoms with E-state index < -0.39 is 0 Å². The molecule has 0 N–H and O–H groups in total. The van der Waals surface area contributed by atoms with Gasteiger partial charge in [0.05, 0.1) is 24.8 Å². The third kappa shape index (κ3) is 2.06. The van der Waals surface area contributed by atoms with E-state index in [-0.39, 0.29) is 5.56 Å². The molecule has 0 atom stereocenters. The largest absolute Gasteiger partial charge is 0.292 e. The molecule has 0 aliphatic carbocycles. The normalized spacial score (nSPS) is 11.3. The summed E-state index contributed by atoms with van der Waals surface area (Å²) in [5, 5.41) is 4.16. The van der Waals surface area contributed by atoms with Gasteiger partial charge in [-0.25, -0.2) is 4.98 Å². The second kappa shape index (κ2) is 4.58. The summed E-state index contributed by atoms with van der Waals surface area (Å²) in [5.74, 6) is 0. The van der Waals surface area contributed by atoms with Crippen LogP contribution in [0.2, 0.25) is 0 Å². The average molecular weight is 275 g/mol. The van der Waals surface area contributed by atoms with Crippen LogP contribution in [0.15, 0.2) is 23.4 Å². The Morgan fingerprint density at radius 2 is 2.26 bits per heavy atom. The number of rotatable bonds is 3. The highest BCUT2D eigenvalue weighted by molar-refractivity contribution is 7.05. The first-order valence-electron chi connectivity index (χ1n) is 6.02. The second-order valence-corrected chi connectivity index (χ2v) is 5.20. The Kier molecular flexibility index (Phi) is 2.90. The fourth-order valence-electron chi connectivity index (χ4n) is 2.02. The van der Waals surface area contributed by atoms with Gasteiger partial charge in [-0.05, 0) is 31.4 Å². The van der Waals surface area contributed by atoms with Crippen LogP contribution in [0.5, 0.6) is 0 Å². The number of hydrogen-bond acceptors (Lipinski definition) is 5. The zero-order chi connectivity index (χ0) is 13.4. The molecule has 0 aliphatic rings. The van der Waals surface area contributed by atoms with E-state index in [2.05, 4.69) is 14.5 Å². The molecule has 0 unspecified atom stereocenters. The van der Waals surface area contributed by atoms with E-state index in [9.17, 15) is 4.79 Å². The van der Waals surface area contributed by atoms with E-state index in [1.807, 2.05) is 19.9 Å². The van der Waals surface area contributed by atoms with Gasteiger partial charge >= 0.3 is 0 Å². The van der Waals surface area contributed by atoms with Crippen LogP contribution >= 0.6 is 11.5 Å². The molecule has 0 radical (unpaired) electrons. The van der Waals surface area contributed by atoms with Gasteiger partial charge in [0, 0.05) is 11.4 Å². The zero-order valence-electron chi connectivity index (χ0n) is 10.7. The summed E-state index contributed by atoms with van der Waals surface area (Å²) in [7, 11) is 0. The SMILES string of the molecule is CCn1ncc2ncn(Cc3cc(C)ns3)c(=O)c21. The lowest BCUT2D eigenvalue weighted by molar-refractivity contribution is 0.671. The Labute approximate surface area is 113 Å². The molecule has 3 rings (SSSR count). The van der Waals surface area contributed by atoms with Gasteiger partial charge in [0.1, 0.15) is 5.52 Å². The Balaban J connectivity index is 2.09. The van der Waals surface area contributed by atoms with Crippen molar-refractivity contribution in [2.24, 2.45) is 0 Å². The van der Waals surface area contributed by atoms with E-state index in [1.54, 1.807) is 21.8 Å². The maximum Gasteiger partial charge on any atom is 0.279 e. The standard InChI is InChI=1S/C12H13N5OS/c1-3-17-11-10(5-14-17)13-7-16(12(11)18)6-9-4-8(2)15-19-9/h4-5,7H,3,6H2,1-2H3. The molecule has 98 valence electrons. The van der Waals surface area contributed by atoms with Gasteiger partial charge in [0.25, 0.3) is 5.56 Å². The van der Waals surface area contributed by atoms with Crippen LogP contribution in [0, 0.1) is 6.92 Å². The number of aryl methyl sites for hydroxylation is 2. The lowest BCUT2D eigenvalue weighted by atomic mass is 10.4. The Hall–Kier alpha value is -2.02. The van der Waals surface area contributed by atoms with Gasteiger partial charge < -0.3 is 0 Å². The second-order valence-electron chi connectivity index (χ2n) is 4.31. The predicted octanol–water partition coefficient (Wildman–Crippen LogP) is 1.43. The summed E-state index contributed by atoms with van der Waals surface area (Å²) < 4.78 is 7.50. The van der Waals surface area contributed by atoms with Crippen LogP contribution in [0.4, 0.5) is 0 Å². The van der Waals surface area contributed by atoms with Gasteiger partial charge in [0.15, 0.2) is 5.52 Å². The molecule has 3 aromatic rings. The van der Waals surface area contributed by atoms with E-state index >= 15 is 0 Å². The van der Waals surface area contributed by atoms with Crippen LogP contribution in [-0.2, 0) is 13.1 Å². The van der Waals surface area contributed by atoms with Gasteiger partial charge in [-0.3, -0.25) is 14.0 Å². The Morgan fingerprint density at radius 3 is 2.95 bits per heavy atom. The van der Waals surface area contributed by atoms with E-state index in [1.165, 1.54) is 11.5 Å². The van der Waals surface area contributed by atoms with Crippen molar-refractivity contribution < 1.29 is 0 Å². The molecule has 0 fully saturated rings. The maximum absolute atomic E-state index is 12.4. The van der Waals surface area contributed by atoms with Crippen LogP contribution in [0.1, 0.15) is 17.5 Å². The highest BCUT2D eigenvalue weighted by atomic mass is 32.1. The summed E-state index contributed by atoms with van der Waals surface area (Å²) in [6.07, 6.45) is 3.20. The van der Waals surface area contributed by atoms with Crippen molar-refractivity contribution in [2.45, 2.75) is 26.9 Å². The molecular weight excluding hydrogens is 262 g/mol. The molecule has 0 aliphatic heterocycles. The van der Waals surface area contributed by atoms with Crippen molar-refractivity contribution in [1.29, 1.82) is 0 Å². The minimum atomic E-state index is -0.0598. The molecule has 6 nitrogen and oxygen atoms in total. The van der Waals surface area contributed by atoms with Crippen molar-refractivity contribution in [3.63, 3.8) is 0 Å². The Morgan fingerprint density at radius 1 is 1.42 bits per heavy atom. The molecule has 0 bridgehead atoms. The Bertz CT molecular complexity index is 785. The summed E-state index contributed by atoms with van der Waals surface area (Å²) in [6, 6.07) is 1.98. The minimum Gasteiger partial charge on any atom is -0.292 e. The topological polar surface area (TPSA) is 65.6 Å². The van der Waals surface area contributed by atoms with Gasteiger partial charge in [-0.1, -0.05) is 0 Å². The molecule has 3 heterocycles. The summed E-state index contributed by atoms with van der Waals surface area (Å²) in [5.41, 5.74) is 2.12. The van der Waals surface area contributed by atoms with Crippen molar-refractivity contribution >= 4 is 22.6 Å². The number of aromatic nitrogens is 5. The van der Waals surface area contributed by atoms with E-state index in [0.717, 1.165) is 10.6 Å². The highest BCUT2D eigenvalue weighted by Crippen LogP contribution is 2.11. The van der Waals surface area contributed by atoms with Crippen molar-refractivity contribution in [2.75, 3.05) is 0 Å². The molecule has 3 aromatic heterocycles. The van der Waals surface area contributed by atoms with Crippen molar-refractivity contribution in [1.82, 2.24) is 23.7 Å². The first-order valence-corrected chi connectivity index (χ1v) is 6.79.